The number of para-hydroxylation sites is 4. The molecule has 5 nitrogen and oxygen atoms in total. The zero-order valence-corrected chi connectivity index (χ0v) is 36.4. The number of benzene rings is 5. The van der Waals surface area contributed by atoms with Crippen LogP contribution in [0.25, 0.3) is 50.0 Å². The van der Waals surface area contributed by atoms with Gasteiger partial charge in [0.25, 0.3) is 6.33 Å². The van der Waals surface area contributed by atoms with Crippen molar-refractivity contribution in [1.82, 2.24) is 14.1 Å². The first-order valence-electron chi connectivity index (χ1n) is 19.3. The molecule has 5 heterocycles. The normalized spacial score (nSPS) is 15.9. The minimum Gasteiger partial charge on any atom is -0.292 e. The number of aromatic nitrogens is 4. The Morgan fingerprint density at radius 3 is 2.29 bits per heavy atom. The molecule has 2 aliphatic heterocycles. The summed E-state index contributed by atoms with van der Waals surface area (Å²) in [7, 11) is 0. The molecule has 0 aliphatic carbocycles. The van der Waals surface area contributed by atoms with Gasteiger partial charge in [-0.25, -0.2) is 0 Å². The van der Waals surface area contributed by atoms with Crippen LogP contribution in [0.2, 0.25) is 15.8 Å². The Bertz CT molecular complexity index is 2750. The number of rotatable bonds is 5. The number of pyridine rings is 1. The van der Waals surface area contributed by atoms with Crippen molar-refractivity contribution in [3.63, 3.8) is 0 Å². The van der Waals surface area contributed by atoms with Crippen LogP contribution in [0.3, 0.4) is 0 Å². The van der Waals surface area contributed by atoms with Crippen molar-refractivity contribution in [2.45, 2.75) is 74.1 Å². The minimum absolute atomic E-state index is 0. The van der Waals surface area contributed by atoms with Crippen molar-refractivity contribution in [1.29, 1.82) is 0 Å². The van der Waals surface area contributed by atoms with Gasteiger partial charge in [0.1, 0.15) is 0 Å². The Kier molecular flexibility index (Phi) is 8.79. The van der Waals surface area contributed by atoms with E-state index in [9.17, 15) is 0 Å². The Balaban J connectivity index is 0.00000397. The van der Waals surface area contributed by atoms with E-state index in [0.29, 0.717) is 11.5 Å². The average Bonchev–Trinajstić information content (AvgIpc) is 3.93. The van der Waals surface area contributed by atoms with Gasteiger partial charge in [0, 0.05) is 21.1 Å². The SMILES string of the molecule is CC(C)(C)c1cc(Oc2[c-]c3c(cc2)c2ccccc2n3-c2ncc[c]3c2C(C)(C)[CH2][Ge]32[CH2]CC[CH2]2)[c-]c(-n2[c-][n+](-c3ccccc3)c3ccccc32)c1.[Pt]. The summed E-state index contributed by atoms with van der Waals surface area (Å²) in [6.45, 7) is 11.6. The molecule has 8 aromatic rings. The van der Waals surface area contributed by atoms with Crippen LogP contribution in [0.15, 0.2) is 115 Å². The molecule has 278 valence electrons. The van der Waals surface area contributed by atoms with Gasteiger partial charge in [0.05, 0.1) is 16.7 Å². The summed E-state index contributed by atoms with van der Waals surface area (Å²) in [5.74, 6) is 2.36. The first-order valence-corrected chi connectivity index (χ1v) is 24.8. The molecule has 1 fully saturated rings. The fourth-order valence-electron chi connectivity index (χ4n) is 9.67. The Hall–Kier alpha value is -4.45. The standard InChI is InChI=1S/C48H44GeN4O.Pt/c1-47(2,3)33-27-35(52-32-51(34-15-7-6-8-16-34)42-19-11-12-20-43(42)52)29-37(28-33)54-36-21-22-39-38-17-9-10-18-41(38)53(44(39)30-36)46-45-40(23-26-50-46)49(24-13-14-25-49)31-48(45,4)5;/h6-12,15-23,26-28H,13-14,24-25,31H2,1-5H3;/q-2;. The minimum atomic E-state index is -2.19. The van der Waals surface area contributed by atoms with Gasteiger partial charge in [-0.15, -0.1) is 0 Å². The molecule has 7 heteroatoms. The van der Waals surface area contributed by atoms with Gasteiger partial charge in [0.2, 0.25) is 0 Å². The zero-order chi connectivity index (χ0) is 36.8. The number of nitrogens with zero attached hydrogens (tertiary/aromatic N) is 4. The van der Waals surface area contributed by atoms with E-state index in [1.807, 2.05) is 12.1 Å². The van der Waals surface area contributed by atoms with Gasteiger partial charge in [-0.05, 0) is 12.1 Å². The van der Waals surface area contributed by atoms with E-state index in [2.05, 4.69) is 170 Å². The van der Waals surface area contributed by atoms with Crippen molar-refractivity contribution in [2.75, 3.05) is 0 Å². The number of hydrogen-bond acceptors (Lipinski definition) is 2. The molecule has 0 bridgehead atoms. The van der Waals surface area contributed by atoms with Gasteiger partial charge < -0.3 is 0 Å². The molecular formula is C48H44GeN4OPt-2. The molecule has 5 aromatic carbocycles. The van der Waals surface area contributed by atoms with Gasteiger partial charge >= 0.3 is 219 Å². The van der Waals surface area contributed by atoms with Gasteiger partial charge in [0.15, 0.2) is 0 Å². The first-order chi connectivity index (χ1) is 26.1. The summed E-state index contributed by atoms with van der Waals surface area (Å²) in [6.07, 6.45) is 8.49. The van der Waals surface area contributed by atoms with Crippen LogP contribution >= 0.6 is 0 Å². The Morgan fingerprint density at radius 1 is 0.782 bits per heavy atom. The van der Waals surface area contributed by atoms with Crippen LogP contribution in [0, 0.1) is 18.5 Å². The third-order valence-corrected chi connectivity index (χ3v) is 24.1. The molecule has 0 N–H and O–H groups in total. The first kappa shape index (κ1) is 36.2. The number of imidazole rings is 1. The van der Waals surface area contributed by atoms with Gasteiger partial charge in [-0.3, -0.25) is 4.57 Å². The van der Waals surface area contributed by atoms with Crippen molar-refractivity contribution in [3.8, 4) is 28.7 Å². The van der Waals surface area contributed by atoms with Crippen molar-refractivity contribution < 1.29 is 30.4 Å². The summed E-state index contributed by atoms with van der Waals surface area (Å²) in [5.41, 5.74) is 8.76. The molecule has 55 heavy (non-hydrogen) atoms. The quantitative estimate of drug-likeness (QED) is 0.0979. The van der Waals surface area contributed by atoms with Crippen LogP contribution in [-0.4, -0.2) is 27.4 Å². The van der Waals surface area contributed by atoms with E-state index in [1.54, 1.807) is 4.40 Å². The fourth-order valence-corrected chi connectivity index (χ4v) is 23.2. The summed E-state index contributed by atoms with van der Waals surface area (Å²) < 4.78 is 15.1. The van der Waals surface area contributed by atoms with Crippen molar-refractivity contribution in [3.05, 3.63) is 145 Å². The maximum atomic E-state index is 6.81. The second kappa shape index (κ2) is 13.3. The molecule has 3 aromatic heterocycles. The smallest absolute Gasteiger partial charge is 0.292 e. The number of ether oxygens (including phenoxy) is 1. The summed E-state index contributed by atoms with van der Waals surface area (Å²) >= 11 is -2.19. The average molecular weight is 961 g/mol. The van der Waals surface area contributed by atoms with Crippen LogP contribution < -0.4 is 13.7 Å². The van der Waals surface area contributed by atoms with Crippen molar-refractivity contribution >= 4 is 50.5 Å². The second-order valence-corrected chi connectivity index (χ2v) is 26.5. The number of fused-ring (bicyclic) bond motifs is 6. The summed E-state index contributed by atoms with van der Waals surface area (Å²) in [4.78, 5) is 5.21. The monoisotopic (exact) mass is 961 g/mol. The molecule has 0 amide bonds. The molecule has 0 atom stereocenters. The van der Waals surface area contributed by atoms with Crippen molar-refractivity contribution in [2.24, 2.45) is 0 Å². The predicted molar refractivity (Wildman–Crippen MR) is 221 cm³/mol. The topological polar surface area (TPSA) is 35.9 Å². The van der Waals surface area contributed by atoms with E-state index >= 15 is 0 Å². The Labute approximate surface area is 340 Å². The van der Waals surface area contributed by atoms with Crippen LogP contribution in [0.4, 0.5) is 0 Å². The predicted octanol–water partition coefficient (Wildman–Crippen LogP) is 10.6. The van der Waals surface area contributed by atoms with Crippen LogP contribution in [0.5, 0.6) is 11.5 Å². The molecule has 1 saturated heterocycles. The van der Waals surface area contributed by atoms with E-state index in [0.717, 1.165) is 50.2 Å². The second-order valence-electron chi connectivity index (χ2n) is 17.1. The number of hydrogen-bond donors (Lipinski definition) is 0. The maximum absolute atomic E-state index is 6.81. The van der Waals surface area contributed by atoms with E-state index < -0.39 is 13.3 Å². The third kappa shape index (κ3) is 5.92. The summed E-state index contributed by atoms with van der Waals surface area (Å²) in [5, 5.41) is 6.61. The molecule has 10 rings (SSSR count). The fraction of sp³-hybridized carbons (Fsp3) is 0.250. The third-order valence-electron chi connectivity index (χ3n) is 12.0. The molecule has 0 unspecified atom stereocenters. The Morgan fingerprint density at radius 2 is 1.51 bits per heavy atom. The van der Waals surface area contributed by atoms with E-state index in [4.69, 9.17) is 9.72 Å². The molecule has 0 saturated carbocycles. The van der Waals surface area contributed by atoms with Crippen LogP contribution in [0.1, 0.15) is 58.6 Å². The van der Waals surface area contributed by atoms with Gasteiger partial charge in [-0.2, -0.15) is 0 Å². The molecule has 0 radical (unpaired) electrons. The van der Waals surface area contributed by atoms with Gasteiger partial charge in [-0.1, -0.05) is 63.2 Å². The molecule has 1 spiro atoms. The summed E-state index contributed by atoms with van der Waals surface area (Å²) in [6, 6.07) is 45.9. The molecular weight excluding hydrogens is 916 g/mol. The van der Waals surface area contributed by atoms with E-state index in [-0.39, 0.29) is 31.9 Å². The van der Waals surface area contributed by atoms with E-state index in [1.165, 1.54) is 39.6 Å². The zero-order valence-electron chi connectivity index (χ0n) is 32.0. The van der Waals surface area contributed by atoms with Crippen LogP contribution in [-0.2, 0) is 31.9 Å². The molecule has 2 aliphatic rings.